The summed E-state index contributed by atoms with van der Waals surface area (Å²) in [4.78, 5) is 0. The molecule has 0 N–H and O–H groups in total. The molecule has 0 aromatic rings. The van der Waals surface area contributed by atoms with E-state index < -0.39 is 0 Å². The Morgan fingerprint density at radius 2 is 1.72 bits per heavy atom. The topological polar surface area (TPSA) is 12.5 Å². The van der Waals surface area contributed by atoms with Gasteiger partial charge < -0.3 is 4.74 Å². The van der Waals surface area contributed by atoms with Crippen molar-refractivity contribution >= 4 is 0 Å². The van der Waals surface area contributed by atoms with Crippen LogP contribution in [0, 0.1) is 23.2 Å². The Kier molecular flexibility index (Phi) is 5.29. The van der Waals surface area contributed by atoms with Gasteiger partial charge in [0.25, 0.3) is 0 Å². The maximum absolute atomic E-state index is 5.66. The second-order valence-corrected chi connectivity index (χ2v) is 7.39. The van der Waals surface area contributed by atoms with E-state index in [0.717, 1.165) is 24.4 Å². The molecule has 3 unspecified atom stereocenters. The molecule has 2 fully saturated rings. The highest BCUT2D eigenvalue weighted by atomic mass is 16.6. The van der Waals surface area contributed by atoms with Gasteiger partial charge in [-0.3, -0.25) is 0 Å². The van der Waals surface area contributed by atoms with Gasteiger partial charge in [0.1, 0.15) is 0 Å². The summed E-state index contributed by atoms with van der Waals surface area (Å²) in [5, 5.41) is 0. The van der Waals surface area contributed by atoms with Crippen LogP contribution in [0.3, 0.4) is 0 Å². The fraction of sp³-hybridized carbons (Fsp3) is 1.00. The summed E-state index contributed by atoms with van der Waals surface area (Å²) in [5.41, 5.74) is 0.803. The minimum Gasteiger partial charge on any atom is -0.370 e. The Morgan fingerprint density at radius 3 is 2.17 bits per heavy atom. The monoisotopic (exact) mass is 254 g/mol. The molecular weight excluding hydrogens is 220 g/mol. The minimum absolute atomic E-state index is 0.256. The van der Waals surface area contributed by atoms with Crippen LogP contribution in [0.1, 0.15) is 74.1 Å². The highest BCUT2D eigenvalue weighted by molar-refractivity contribution is 4.99. The van der Waals surface area contributed by atoms with E-state index in [4.69, 9.17) is 4.74 Å². The van der Waals surface area contributed by atoms with Crippen LogP contribution in [0.25, 0.3) is 0 Å². The number of hydrogen-bond donors (Lipinski definition) is 0. The Bertz CT molecular complexity index is 250. The molecule has 0 aromatic carbocycles. The van der Waals surface area contributed by atoms with Gasteiger partial charge in [-0.1, -0.05) is 41.5 Å². The highest BCUT2D eigenvalue weighted by Gasteiger charge is 2.50. The van der Waals surface area contributed by atoms with Gasteiger partial charge in [-0.2, -0.15) is 0 Å². The molecular formula is C17H34O. The third-order valence-electron chi connectivity index (χ3n) is 5.03. The van der Waals surface area contributed by atoms with Gasteiger partial charge in [0, 0.05) is 0 Å². The molecule has 0 bridgehead atoms. The van der Waals surface area contributed by atoms with E-state index in [2.05, 4.69) is 34.6 Å². The Morgan fingerprint density at radius 1 is 1.17 bits per heavy atom. The Balaban J connectivity index is 0.000000771. The van der Waals surface area contributed by atoms with Crippen molar-refractivity contribution in [3.63, 3.8) is 0 Å². The second kappa shape index (κ2) is 5.94. The summed E-state index contributed by atoms with van der Waals surface area (Å²) in [7, 11) is 0. The summed E-state index contributed by atoms with van der Waals surface area (Å²) in [6.07, 6.45) is 5.54. The molecule has 1 nitrogen and oxygen atoms in total. The molecule has 0 spiro atoms. The Labute approximate surface area is 115 Å². The lowest BCUT2D eigenvalue weighted by Gasteiger charge is -2.44. The zero-order valence-corrected chi connectivity index (χ0v) is 13.7. The quantitative estimate of drug-likeness (QED) is 0.623. The van der Waals surface area contributed by atoms with Gasteiger partial charge in [0.05, 0.1) is 12.2 Å². The van der Waals surface area contributed by atoms with Crippen molar-refractivity contribution in [2.75, 3.05) is 6.61 Å². The van der Waals surface area contributed by atoms with Crippen LogP contribution in [0.4, 0.5) is 0 Å². The molecule has 1 aliphatic carbocycles. The lowest BCUT2D eigenvalue weighted by molar-refractivity contribution is 0.0489. The summed E-state index contributed by atoms with van der Waals surface area (Å²) >= 11 is 0. The summed E-state index contributed by atoms with van der Waals surface area (Å²) in [6.45, 7) is 17.0. The van der Waals surface area contributed by atoms with Gasteiger partial charge in [-0.15, -0.1) is 0 Å². The first kappa shape index (κ1) is 16.0. The largest absolute Gasteiger partial charge is 0.370 e. The molecule has 0 amide bonds. The maximum Gasteiger partial charge on any atom is 0.0916 e. The zero-order valence-electron chi connectivity index (χ0n) is 13.7. The molecule has 0 aromatic heterocycles. The van der Waals surface area contributed by atoms with E-state index in [1.165, 1.54) is 25.7 Å². The van der Waals surface area contributed by atoms with Gasteiger partial charge in [-0.05, 0) is 55.8 Å². The average molecular weight is 254 g/mol. The summed E-state index contributed by atoms with van der Waals surface area (Å²) < 4.78 is 5.66. The van der Waals surface area contributed by atoms with Crippen molar-refractivity contribution in [3.05, 3.63) is 0 Å². The van der Waals surface area contributed by atoms with Crippen molar-refractivity contribution in [1.29, 1.82) is 0 Å². The zero-order chi connectivity index (χ0) is 14.0. The summed E-state index contributed by atoms with van der Waals surface area (Å²) in [5.74, 6) is 2.55. The lowest BCUT2D eigenvalue weighted by atomic mass is 9.61. The molecule has 1 saturated carbocycles. The van der Waals surface area contributed by atoms with Gasteiger partial charge in [-0.25, -0.2) is 0 Å². The fourth-order valence-corrected chi connectivity index (χ4v) is 3.42. The van der Waals surface area contributed by atoms with Gasteiger partial charge in [0.15, 0.2) is 0 Å². The van der Waals surface area contributed by atoms with E-state index in [-0.39, 0.29) is 5.60 Å². The van der Waals surface area contributed by atoms with Crippen LogP contribution in [-0.2, 0) is 4.74 Å². The highest BCUT2D eigenvalue weighted by Crippen LogP contribution is 2.52. The van der Waals surface area contributed by atoms with E-state index in [0.29, 0.717) is 5.41 Å². The van der Waals surface area contributed by atoms with Crippen LogP contribution in [0.15, 0.2) is 0 Å². The molecule has 1 heterocycles. The standard InChI is InChI=1S/C15H28O.C2H6/c1-11(2)8-13-9-12(15(5)10-16-15)6-7-14(13,3)4;1-2/h11-13H,6-10H2,1-5H3;1-2H3. The van der Waals surface area contributed by atoms with Crippen molar-refractivity contribution in [3.8, 4) is 0 Å². The van der Waals surface area contributed by atoms with Crippen LogP contribution in [0.5, 0.6) is 0 Å². The number of ether oxygens (including phenoxy) is 1. The second-order valence-electron chi connectivity index (χ2n) is 7.39. The normalized spacial score (nSPS) is 38.0. The van der Waals surface area contributed by atoms with Crippen molar-refractivity contribution in [2.24, 2.45) is 23.2 Å². The van der Waals surface area contributed by atoms with E-state index in [1.807, 2.05) is 13.8 Å². The predicted octanol–water partition coefficient (Wildman–Crippen LogP) is 5.29. The van der Waals surface area contributed by atoms with E-state index >= 15 is 0 Å². The minimum atomic E-state index is 0.256. The van der Waals surface area contributed by atoms with Crippen LogP contribution in [-0.4, -0.2) is 12.2 Å². The average Bonchev–Trinajstić information content (AvgIpc) is 3.03. The van der Waals surface area contributed by atoms with Crippen molar-refractivity contribution < 1.29 is 4.74 Å². The van der Waals surface area contributed by atoms with E-state index in [9.17, 15) is 0 Å². The van der Waals surface area contributed by atoms with Crippen LogP contribution >= 0.6 is 0 Å². The number of epoxide rings is 1. The molecule has 1 aliphatic heterocycles. The SMILES string of the molecule is CC.CC(C)CC1CC(C2(C)CO2)CCC1(C)C. The van der Waals surface area contributed by atoms with Gasteiger partial charge >= 0.3 is 0 Å². The molecule has 2 rings (SSSR count). The van der Waals surface area contributed by atoms with Crippen molar-refractivity contribution in [1.82, 2.24) is 0 Å². The molecule has 1 saturated heterocycles. The first-order valence-corrected chi connectivity index (χ1v) is 7.97. The molecule has 3 atom stereocenters. The fourth-order valence-electron chi connectivity index (χ4n) is 3.42. The first-order valence-electron chi connectivity index (χ1n) is 7.97. The predicted molar refractivity (Wildman–Crippen MR) is 79.8 cm³/mol. The van der Waals surface area contributed by atoms with Crippen molar-refractivity contribution in [2.45, 2.75) is 79.8 Å². The van der Waals surface area contributed by atoms with Crippen LogP contribution in [0.2, 0.25) is 0 Å². The smallest absolute Gasteiger partial charge is 0.0916 e. The third kappa shape index (κ3) is 3.73. The van der Waals surface area contributed by atoms with Gasteiger partial charge in [0.2, 0.25) is 0 Å². The third-order valence-corrected chi connectivity index (χ3v) is 5.03. The summed E-state index contributed by atoms with van der Waals surface area (Å²) in [6, 6.07) is 0. The van der Waals surface area contributed by atoms with E-state index in [1.54, 1.807) is 0 Å². The molecule has 1 heteroatoms. The molecule has 18 heavy (non-hydrogen) atoms. The maximum atomic E-state index is 5.66. The number of hydrogen-bond acceptors (Lipinski definition) is 1. The molecule has 2 aliphatic rings. The molecule has 0 radical (unpaired) electrons. The lowest BCUT2D eigenvalue weighted by Crippen LogP contribution is -2.37. The van der Waals surface area contributed by atoms with Crippen LogP contribution < -0.4 is 0 Å². The number of rotatable bonds is 3. The molecule has 108 valence electrons. The Hall–Kier alpha value is -0.0400. The first-order chi connectivity index (χ1) is 8.33.